The van der Waals surface area contributed by atoms with Gasteiger partial charge in [0.15, 0.2) is 0 Å². The Labute approximate surface area is 86.6 Å². The van der Waals surface area contributed by atoms with E-state index in [0.717, 1.165) is 18.4 Å². The summed E-state index contributed by atoms with van der Waals surface area (Å²) < 4.78 is 6.19. The third-order valence-corrected chi connectivity index (χ3v) is 4.55. The number of ether oxygens (including phenoxy) is 1. The van der Waals surface area contributed by atoms with E-state index in [1.54, 1.807) is 0 Å². The molecule has 0 unspecified atom stereocenters. The minimum Gasteiger partial charge on any atom is -0.360 e. The van der Waals surface area contributed by atoms with Crippen LogP contribution in [0.5, 0.6) is 0 Å². The van der Waals surface area contributed by atoms with Gasteiger partial charge in [0.1, 0.15) is 5.72 Å². The molecule has 2 heterocycles. The Kier molecular flexibility index (Phi) is 2.10. The van der Waals surface area contributed by atoms with Gasteiger partial charge in [0.25, 0.3) is 0 Å². The van der Waals surface area contributed by atoms with E-state index >= 15 is 0 Å². The molecule has 2 aliphatic heterocycles. The van der Waals surface area contributed by atoms with Gasteiger partial charge in [0.2, 0.25) is 0 Å². The third-order valence-electron chi connectivity index (χ3n) is 4.55. The zero-order valence-electron chi connectivity index (χ0n) is 9.17. The standard InChI is InChI=1S/C12H21NO/c1-10-9-14-12(6-4-5-11(10)12)13-7-2-3-8-13/h10-11H,2-9H2,1H3/t10-,11+,12+/m0/s1. The van der Waals surface area contributed by atoms with E-state index in [0.29, 0.717) is 0 Å². The molecule has 2 nitrogen and oxygen atoms in total. The number of likely N-dealkylation sites (tertiary alicyclic amines) is 1. The zero-order valence-corrected chi connectivity index (χ0v) is 9.17. The molecule has 3 fully saturated rings. The van der Waals surface area contributed by atoms with Crippen LogP contribution in [0.1, 0.15) is 39.0 Å². The lowest BCUT2D eigenvalue weighted by molar-refractivity contribution is -0.125. The van der Waals surface area contributed by atoms with Gasteiger partial charge >= 0.3 is 0 Å². The summed E-state index contributed by atoms with van der Waals surface area (Å²) in [7, 11) is 0. The molecule has 0 radical (unpaired) electrons. The molecular weight excluding hydrogens is 174 g/mol. The molecular formula is C12H21NO. The first-order valence-electron chi connectivity index (χ1n) is 6.22. The first-order chi connectivity index (χ1) is 6.83. The van der Waals surface area contributed by atoms with Crippen molar-refractivity contribution in [1.82, 2.24) is 4.90 Å². The normalized spacial score (nSPS) is 48.6. The van der Waals surface area contributed by atoms with Crippen LogP contribution in [0.4, 0.5) is 0 Å². The van der Waals surface area contributed by atoms with Crippen molar-refractivity contribution in [2.75, 3.05) is 19.7 Å². The predicted molar refractivity (Wildman–Crippen MR) is 56.0 cm³/mol. The first-order valence-corrected chi connectivity index (χ1v) is 6.22. The largest absolute Gasteiger partial charge is 0.360 e. The van der Waals surface area contributed by atoms with Crippen molar-refractivity contribution in [1.29, 1.82) is 0 Å². The summed E-state index contributed by atoms with van der Waals surface area (Å²) in [6, 6.07) is 0. The Morgan fingerprint density at radius 2 is 2.00 bits per heavy atom. The lowest BCUT2D eigenvalue weighted by Gasteiger charge is -2.38. The first kappa shape index (κ1) is 9.17. The van der Waals surface area contributed by atoms with E-state index in [-0.39, 0.29) is 5.72 Å². The second kappa shape index (κ2) is 3.21. The van der Waals surface area contributed by atoms with Crippen molar-refractivity contribution in [2.24, 2.45) is 11.8 Å². The number of rotatable bonds is 1. The summed E-state index contributed by atoms with van der Waals surface area (Å²) in [4.78, 5) is 2.65. The van der Waals surface area contributed by atoms with Gasteiger partial charge in [-0.15, -0.1) is 0 Å². The molecule has 2 heteroatoms. The van der Waals surface area contributed by atoms with Crippen LogP contribution in [0.2, 0.25) is 0 Å². The molecule has 0 bridgehead atoms. The summed E-state index contributed by atoms with van der Waals surface area (Å²) >= 11 is 0. The van der Waals surface area contributed by atoms with Crippen molar-refractivity contribution in [3.05, 3.63) is 0 Å². The van der Waals surface area contributed by atoms with Crippen molar-refractivity contribution < 1.29 is 4.74 Å². The maximum absolute atomic E-state index is 6.19. The smallest absolute Gasteiger partial charge is 0.124 e. The lowest BCUT2D eigenvalue weighted by atomic mass is 9.89. The molecule has 3 atom stereocenters. The molecule has 0 N–H and O–H groups in total. The minimum absolute atomic E-state index is 0.190. The fourth-order valence-corrected chi connectivity index (χ4v) is 3.87. The summed E-state index contributed by atoms with van der Waals surface area (Å²) in [6.45, 7) is 5.93. The summed E-state index contributed by atoms with van der Waals surface area (Å²) in [6.07, 6.45) is 6.84. The summed E-state index contributed by atoms with van der Waals surface area (Å²) in [5.41, 5.74) is 0.190. The van der Waals surface area contributed by atoms with E-state index in [1.165, 1.54) is 45.2 Å². The van der Waals surface area contributed by atoms with Crippen LogP contribution < -0.4 is 0 Å². The van der Waals surface area contributed by atoms with Crippen molar-refractivity contribution in [3.8, 4) is 0 Å². The molecule has 2 saturated heterocycles. The zero-order chi connectivity index (χ0) is 9.60. The van der Waals surface area contributed by atoms with E-state index in [4.69, 9.17) is 4.74 Å². The topological polar surface area (TPSA) is 12.5 Å². The highest BCUT2D eigenvalue weighted by atomic mass is 16.5. The Balaban J connectivity index is 1.86. The quantitative estimate of drug-likeness (QED) is 0.636. The van der Waals surface area contributed by atoms with Crippen LogP contribution in [0, 0.1) is 11.8 Å². The Morgan fingerprint density at radius 3 is 2.79 bits per heavy atom. The fourth-order valence-electron chi connectivity index (χ4n) is 3.87. The number of nitrogens with zero attached hydrogens (tertiary/aromatic N) is 1. The Hall–Kier alpha value is -0.0800. The highest BCUT2D eigenvalue weighted by Gasteiger charge is 2.54. The van der Waals surface area contributed by atoms with E-state index in [1.807, 2.05) is 0 Å². The molecule has 1 saturated carbocycles. The average Bonchev–Trinajstić information content (AvgIpc) is 2.83. The van der Waals surface area contributed by atoms with Crippen molar-refractivity contribution >= 4 is 0 Å². The van der Waals surface area contributed by atoms with E-state index in [2.05, 4.69) is 11.8 Å². The highest BCUT2D eigenvalue weighted by Crippen LogP contribution is 2.50. The molecule has 3 aliphatic rings. The molecule has 0 spiro atoms. The minimum atomic E-state index is 0.190. The van der Waals surface area contributed by atoms with E-state index < -0.39 is 0 Å². The SMILES string of the molecule is C[C@H]1CO[C@]2(N3CCCC3)CCC[C@H]12. The average molecular weight is 195 g/mol. The Morgan fingerprint density at radius 1 is 1.21 bits per heavy atom. The van der Waals surface area contributed by atoms with Crippen LogP contribution in [-0.4, -0.2) is 30.3 Å². The maximum atomic E-state index is 6.19. The molecule has 3 rings (SSSR count). The highest BCUT2D eigenvalue weighted by molar-refractivity contribution is 5.00. The molecule has 80 valence electrons. The van der Waals surface area contributed by atoms with E-state index in [9.17, 15) is 0 Å². The lowest BCUT2D eigenvalue weighted by Crippen LogP contribution is -2.49. The van der Waals surface area contributed by atoms with Crippen LogP contribution in [0.15, 0.2) is 0 Å². The maximum Gasteiger partial charge on any atom is 0.124 e. The van der Waals surface area contributed by atoms with Crippen LogP contribution >= 0.6 is 0 Å². The van der Waals surface area contributed by atoms with Gasteiger partial charge in [0, 0.05) is 19.0 Å². The van der Waals surface area contributed by atoms with Gasteiger partial charge in [-0.25, -0.2) is 0 Å². The molecule has 1 aliphatic carbocycles. The fraction of sp³-hybridized carbons (Fsp3) is 1.00. The van der Waals surface area contributed by atoms with Gasteiger partial charge < -0.3 is 4.74 Å². The number of hydrogen-bond donors (Lipinski definition) is 0. The summed E-state index contributed by atoms with van der Waals surface area (Å²) in [5, 5.41) is 0. The van der Waals surface area contributed by atoms with Crippen LogP contribution in [0.25, 0.3) is 0 Å². The second-order valence-corrected chi connectivity index (χ2v) is 5.33. The molecule has 0 amide bonds. The molecule has 0 aromatic rings. The molecule has 14 heavy (non-hydrogen) atoms. The Bertz CT molecular complexity index is 224. The summed E-state index contributed by atoms with van der Waals surface area (Å²) in [5.74, 6) is 1.62. The molecule has 0 aromatic heterocycles. The predicted octanol–water partition coefficient (Wildman–Crippen LogP) is 2.24. The van der Waals surface area contributed by atoms with Gasteiger partial charge in [0.05, 0.1) is 6.61 Å². The third kappa shape index (κ3) is 1.10. The van der Waals surface area contributed by atoms with Gasteiger partial charge in [-0.05, 0) is 38.0 Å². The van der Waals surface area contributed by atoms with Crippen LogP contribution in [-0.2, 0) is 4.74 Å². The monoisotopic (exact) mass is 195 g/mol. The molecule has 0 aromatic carbocycles. The van der Waals surface area contributed by atoms with Gasteiger partial charge in [-0.3, -0.25) is 4.90 Å². The number of fused-ring (bicyclic) bond motifs is 1. The van der Waals surface area contributed by atoms with Gasteiger partial charge in [-0.2, -0.15) is 0 Å². The van der Waals surface area contributed by atoms with Gasteiger partial charge in [-0.1, -0.05) is 6.92 Å². The van der Waals surface area contributed by atoms with Crippen molar-refractivity contribution in [3.63, 3.8) is 0 Å². The number of hydrogen-bond acceptors (Lipinski definition) is 2. The van der Waals surface area contributed by atoms with Crippen LogP contribution in [0.3, 0.4) is 0 Å². The van der Waals surface area contributed by atoms with Crippen molar-refractivity contribution in [2.45, 2.75) is 44.8 Å². The second-order valence-electron chi connectivity index (χ2n) is 5.33.